The van der Waals surface area contributed by atoms with E-state index in [1.165, 1.54) is 0 Å². The highest BCUT2D eigenvalue weighted by Crippen LogP contribution is 2.26. The first-order valence-corrected chi connectivity index (χ1v) is 6.78. The standard InChI is InChI=1S/C13H17ClN4O/c14-12-10(8-15)3-5-17-13(12)18(6-7-19)9-11-2-1-4-16-11/h3,5,11,16,19H,1-2,4,6-7,9H2. The largest absolute Gasteiger partial charge is 0.395 e. The molecule has 1 aromatic heterocycles. The average Bonchev–Trinajstić information content (AvgIpc) is 2.91. The number of halogens is 1. The van der Waals surface area contributed by atoms with E-state index in [0.29, 0.717) is 29.0 Å². The maximum absolute atomic E-state index is 9.19. The lowest BCUT2D eigenvalue weighted by molar-refractivity contribution is 0.300. The Kier molecular flexibility index (Phi) is 4.97. The van der Waals surface area contributed by atoms with Crippen molar-refractivity contribution in [3.8, 4) is 6.07 Å². The molecular weight excluding hydrogens is 264 g/mol. The van der Waals surface area contributed by atoms with E-state index >= 15 is 0 Å². The summed E-state index contributed by atoms with van der Waals surface area (Å²) >= 11 is 6.20. The zero-order valence-corrected chi connectivity index (χ0v) is 11.4. The van der Waals surface area contributed by atoms with E-state index in [4.69, 9.17) is 16.9 Å². The van der Waals surface area contributed by atoms with Crippen LogP contribution in [0, 0.1) is 11.3 Å². The molecule has 0 spiro atoms. The molecule has 19 heavy (non-hydrogen) atoms. The molecule has 0 amide bonds. The van der Waals surface area contributed by atoms with E-state index in [1.54, 1.807) is 12.3 Å². The lowest BCUT2D eigenvalue weighted by Crippen LogP contribution is -2.39. The zero-order chi connectivity index (χ0) is 13.7. The fraction of sp³-hybridized carbons (Fsp3) is 0.538. The van der Waals surface area contributed by atoms with Crippen LogP contribution in [0.5, 0.6) is 0 Å². The third-order valence-corrected chi connectivity index (χ3v) is 3.64. The van der Waals surface area contributed by atoms with Gasteiger partial charge in [0, 0.05) is 25.3 Å². The van der Waals surface area contributed by atoms with Gasteiger partial charge in [0.05, 0.1) is 12.2 Å². The van der Waals surface area contributed by atoms with Crippen LogP contribution >= 0.6 is 11.6 Å². The number of anilines is 1. The third kappa shape index (κ3) is 3.35. The van der Waals surface area contributed by atoms with Crippen LogP contribution < -0.4 is 10.2 Å². The molecule has 1 aromatic rings. The Labute approximate surface area is 117 Å². The molecule has 102 valence electrons. The van der Waals surface area contributed by atoms with Gasteiger partial charge in [0.25, 0.3) is 0 Å². The maximum Gasteiger partial charge on any atom is 0.148 e. The Balaban J connectivity index is 2.20. The topological polar surface area (TPSA) is 72.2 Å². The van der Waals surface area contributed by atoms with Crippen molar-refractivity contribution < 1.29 is 5.11 Å². The second-order valence-electron chi connectivity index (χ2n) is 4.57. The minimum Gasteiger partial charge on any atom is -0.395 e. The number of hydrogen-bond acceptors (Lipinski definition) is 5. The van der Waals surface area contributed by atoms with Gasteiger partial charge in [-0.05, 0) is 25.5 Å². The lowest BCUT2D eigenvalue weighted by Gasteiger charge is -2.27. The Morgan fingerprint density at radius 1 is 1.63 bits per heavy atom. The van der Waals surface area contributed by atoms with E-state index in [9.17, 15) is 5.11 Å². The Bertz CT molecular complexity index is 468. The summed E-state index contributed by atoms with van der Waals surface area (Å²) in [5.74, 6) is 0.573. The molecule has 6 heteroatoms. The Morgan fingerprint density at radius 3 is 3.11 bits per heavy atom. The van der Waals surface area contributed by atoms with Crippen molar-refractivity contribution in [1.82, 2.24) is 10.3 Å². The quantitative estimate of drug-likeness (QED) is 0.847. The molecule has 1 unspecified atom stereocenters. The molecule has 2 rings (SSSR count). The molecule has 1 aliphatic rings. The first-order chi connectivity index (χ1) is 9.26. The average molecular weight is 281 g/mol. The highest BCUT2D eigenvalue weighted by Gasteiger charge is 2.21. The predicted molar refractivity (Wildman–Crippen MR) is 74.3 cm³/mol. The van der Waals surface area contributed by atoms with Gasteiger partial charge in [-0.25, -0.2) is 4.98 Å². The zero-order valence-electron chi connectivity index (χ0n) is 10.6. The lowest BCUT2D eigenvalue weighted by atomic mass is 10.2. The molecule has 1 atom stereocenters. The minimum absolute atomic E-state index is 0.0293. The van der Waals surface area contributed by atoms with Gasteiger partial charge in [-0.2, -0.15) is 5.26 Å². The second kappa shape index (κ2) is 6.71. The van der Waals surface area contributed by atoms with Crippen LogP contribution in [-0.4, -0.2) is 42.4 Å². The summed E-state index contributed by atoms with van der Waals surface area (Å²) in [7, 11) is 0. The van der Waals surface area contributed by atoms with Crippen LogP contribution in [-0.2, 0) is 0 Å². The van der Waals surface area contributed by atoms with Crippen molar-refractivity contribution in [2.24, 2.45) is 0 Å². The molecular formula is C13H17ClN4O. The van der Waals surface area contributed by atoms with Gasteiger partial charge in [0.1, 0.15) is 16.9 Å². The number of nitriles is 1. The van der Waals surface area contributed by atoms with Crippen LogP contribution in [0.1, 0.15) is 18.4 Å². The van der Waals surface area contributed by atoms with E-state index in [0.717, 1.165) is 25.9 Å². The Hall–Kier alpha value is -1.35. The molecule has 0 saturated carbocycles. The minimum atomic E-state index is 0.0293. The third-order valence-electron chi connectivity index (χ3n) is 3.26. The number of nitrogens with one attached hydrogen (secondary N) is 1. The normalized spacial score (nSPS) is 18.3. The summed E-state index contributed by atoms with van der Waals surface area (Å²) in [6.07, 6.45) is 3.85. The SMILES string of the molecule is N#Cc1ccnc(N(CCO)CC2CCCN2)c1Cl. The summed E-state index contributed by atoms with van der Waals surface area (Å²) in [5, 5.41) is 21.9. The number of aliphatic hydroxyl groups is 1. The number of nitrogens with zero attached hydrogens (tertiary/aromatic N) is 3. The summed E-state index contributed by atoms with van der Waals surface area (Å²) < 4.78 is 0. The van der Waals surface area contributed by atoms with Crippen molar-refractivity contribution in [2.75, 3.05) is 31.1 Å². The molecule has 1 saturated heterocycles. The number of hydrogen-bond donors (Lipinski definition) is 2. The van der Waals surface area contributed by atoms with E-state index < -0.39 is 0 Å². The molecule has 0 radical (unpaired) electrons. The van der Waals surface area contributed by atoms with Crippen molar-refractivity contribution in [3.63, 3.8) is 0 Å². The molecule has 0 aliphatic carbocycles. The Morgan fingerprint density at radius 2 is 2.47 bits per heavy atom. The number of rotatable bonds is 5. The van der Waals surface area contributed by atoms with Gasteiger partial charge in [0.15, 0.2) is 0 Å². The molecule has 0 aromatic carbocycles. The number of aliphatic hydroxyl groups excluding tert-OH is 1. The van der Waals surface area contributed by atoms with Gasteiger partial charge in [-0.15, -0.1) is 0 Å². The fourth-order valence-corrected chi connectivity index (χ4v) is 2.60. The van der Waals surface area contributed by atoms with E-state index in [1.807, 2.05) is 11.0 Å². The summed E-state index contributed by atoms with van der Waals surface area (Å²) in [6.45, 7) is 2.25. The van der Waals surface area contributed by atoms with Crippen molar-refractivity contribution in [1.29, 1.82) is 5.26 Å². The molecule has 1 fully saturated rings. The predicted octanol–water partition coefficient (Wildman–Crippen LogP) is 1.16. The summed E-state index contributed by atoms with van der Waals surface area (Å²) in [4.78, 5) is 6.19. The highest BCUT2D eigenvalue weighted by atomic mass is 35.5. The van der Waals surface area contributed by atoms with E-state index in [2.05, 4.69) is 10.3 Å². The van der Waals surface area contributed by atoms with Crippen molar-refractivity contribution in [3.05, 3.63) is 22.8 Å². The number of aromatic nitrogens is 1. The smallest absolute Gasteiger partial charge is 0.148 e. The van der Waals surface area contributed by atoms with E-state index in [-0.39, 0.29) is 6.61 Å². The molecule has 1 aliphatic heterocycles. The van der Waals surface area contributed by atoms with Gasteiger partial charge in [0.2, 0.25) is 0 Å². The second-order valence-corrected chi connectivity index (χ2v) is 4.95. The number of pyridine rings is 1. The van der Waals surface area contributed by atoms with Crippen molar-refractivity contribution in [2.45, 2.75) is 18.9 Å². The van der Waals surface area contributed by atoms with Gasteiger partial charge >= 0.3 is 0 Å². The van der Waals surface area contributed by atoms with Crippen LogP contribution in [0.15, 0.2) is 12.3 Å². The van der Waals surface area contributed by atoms with Crippen LogP contribution in [0.25, 0.3) is 0 Å². The van der Waals surface area contributed by atoms with Crippen molar-refractivity contribution >= 4 is 17.4 Å². The fourth-order valence-electron chi connectivity index (χ4n) is 2.32. The van der Waals surface area contributed by atoms with Gasteiger partial charge in [-0.1, -0.05) is 11.6 Å². The summed E-state index contributed by atoms with van der Waals surface area (Å²) in [5.41, 5.74) is 0.411. The first-order valence-electron chi connectivity index (χ1n) is 6.40. The first kappa shape index (κ1) is 14.1. The highest BCUT2D eigenvalue weighted by molar-refractivity contribution is 6.34. The molecule has 5 nitrogen and oxygen atoms in total. The monoisotopic (exact) mass is 280 g/mol. The maximum atomic E-state index is 9.19. The molecule has 2 N–H and O–H groups in total. The molecule has 0 bridgehead atoms. The van der Waals surface area contributed by atoms with Crippen LogP contribution in [0.3, 0.4) is 0 Å². The summed E-state index contributed by atoms with van der Waals surface area (Å²) in [6, 6.07) is 4.03. The van der Waals surface area contributed by atoms with Crippen LogP contribution in [0.4, 0.5) is 5.82 Å². The van der Waals surface area contributed by atoms with Gasteiger partial charge in [-0.3, -0.25) is 0 Å². The van der Waals surface area contributed by atoms with Crippen LogP contribution in [0.2, 0.25) is 5.02 Å². The van der Waals surface area contributed by atoms with Gasteiger partial charge < -0.3 is 15.3 Å². The molecule has 2 heterocycles.